The number of carbonyl (C=O) groups excluding carboxylic acids is 1. The SMILES string of the molecule is N#Cc1ccc(CCNC(C(=O)Nc2ccc(-c3ccn[nH]3)cc2)c2ccccc2)cc1. The van der Waals surface area contributed by atoms with Gasteiger partial charge in [0.1, 0.15) is 6.04 Å². The number of carbonyl (C=O) groups is 1. The summed E-state index contributed by atoms with van der Waals surface area (Å²) in [4.78, 5) is 13.1. The summed E-state index contributed by atoms with van der Waals surface area (Å²) in [5.74, 6) is -0.120. The standard InChI is InChI=1S/C26H23N5O/c27-18-20-8-6-19(7-9-20)14-16-28-25(22-4-2-1-3-5-22)26(32)30-23-12-10-21(11-13-23)24-15-17-29-31-24/h1-13,15,17,25,28H,14,16H2,(H,29,31)(H,30,32). The maximum atomic E-state index is 13.1. The molecule has 6 heteroatoms. The number of H-pyrrole nitrogens is 1. The third kappa shape index (κ3) is 5.28. The van der Waals surface area contributed by atoms with E-state index in [1.165, 1.54) is 0 Å². The fraction of sp³-hybridized carbons (Fsp3) is 0.115. The zero-order valence-electron chi connectivity index (χ0n) is 17.5. The number of nitrogens with zero attached hydrogens (tertiary/aromatic N) is 2. The minimum absolute atomic E-state index is 0.120. The fourth-order valence-electron chi connectivity index (χ4n) is 3.48. The van der Waals surface area contributed by atoms with Gasteiger partial charge in [0.25, 0.3) is 0 Å². The lowest BCUT2D eigenvalue weighted by Crippen LogP contribution is -2.34. The lowest BCUT2D eigenvalue weighted by molar-refractivity contribution is -0.118. The molecule has 0 bridgehead atoms. The molecule has 6 nitrogen and oxygen atoms in total. The van der Waals surface area contributed by atoms with Gasteiger partial charge < -0.3 is 10.6 Å². The Kier molecular flexibility index (Phi) is 6.71. The maximum Gasteiger partial charge on any atom is 0.246 e. The van der Waals surface area contributed by atoms with Crippen LogP contribution in [0.25, 0.3) is 11.3 Å². The second kappa shape index (κ2) is 10.2. The van der Waals surface area contributed by atoms with E-state index in [1.54, 1.807) is 6.20 Å². The van der Waals surface area contributed by atoms with Crippen LogP contribution in [0, 0.1) is 11.3 Å². The van der Waals surface area contributed by atoms with Crippen molar-refractivity contribution < 1.29 is 4.79 Å². The van der Waals surface area contributed by atoms with E-state index in [0.29, 0.717) is 12.1 Å². The predicted molar refractivity (Wildman–Crippen MR) is 125 cm³/mol. The minimum Gasteiger partial charge on any atom is -0.324 e. The van der Waals surface area contributed by atoms with Gasteiger partial charge in [-0.25, -0.2) is 0 Å². The quantitative estimate of drug-likeness (QED) is 0.392. The van der Waals surface area contributed by atoms with Crippen LogP contribution in [0.4, 0.5) is 5.69 Å². The molecule has 1 atom stereocenters. The third-order valence-electron chi connectivity index (χ3n) is 5.20. The second-order valence-electron chi connectivity index (χ2n) is 7.39. The van der Waals surface area contributed by atoms with Crippen molar-refractivity contribution in [3.05, 3.63) is 108 Å². The van der Waals surface area contributed by atoms with Gasteiger partial charge in [-0.15, -0.1) is 0 Å². The molecule has 1 aromatic heterocycles. The van der Waals surface area contributed by atoms with E-state index in [1.807, 2.05) is 84.9 Å². The highest BCUT2D eigenvalue weighted by Gasteiger charge is 2.20. The highest BCUT2D eigenvalue weighted by molar-refractivity contribution is 5.95. The molecule has 0 spiro atoms. The van der Waals surface area contributed by atoms with Crippen molar-refractivity contribution in [1.82, 2.24) is 15.5 Å². The topological polar surface area (TPSA) is 93.6 Å². The lowest BCUT2D eigenvalue weighted by atomic mass is 10.0. The average Bonchev–Trinajstić information content (AvgIpc) is 3.38. The summed E-state index contributed by atoms with van der Waals surface area (Å²) >= 11 is 0. The van der Waals surface area contributed by atoms with Crippen LogP contribution in [-0.4, -0.2) is 22.6 Å². The number of rotatable bonds is 8. The van der Waals surface area contributed by atoms with Crippen LogP contribution in [0.3, 0.4) is 0 Å². The van der Waals surface area contributed by atoms with Gasteiger partial charge >= 0.3 is 0 Å². The first-order valence-corrected chi connectivity index (χ1v) is 10.4. The van der Waals surface area contributed by atoms with Crippen LogP contribution in [0.15, 0.2) is 91.1 Å². The minimum atomic E-state index is -0.484. The first-order valence-electron chi connectivity index (χ1n) is 10.4. The Bertz CT molecular complexity index is 1180. The van der Waals surface area contributed by atoms with Crippen molar-refractivity contribution >= 4 is 11.6 Å². The summed E-state index contributed by atoms with van der Waals surface area (Å²) in [6.45, 7) is 0.623. The maximum absolute atomic E-state index is 13.1. The third-order valence-corrected chi connectivity index (χ3v) is 5.20. The summed E-state index contributed by atoms with van der Waals surface area (Å²) in [6.07, 6.45) is 2.46. The zero-order chi connectivity index (χ0) is 22.2. The van der Waals surface area contributed by atoms with Crippen molar-refractivity contribution in [3.63, 3.8) is 0 Å². The van der Waals surface area contributed by atoms with Crippen molar-refractivity contribution in [2.24, 2.45) is 0 Å². The molecule has 0 aliphatic heterocycles. The number of nitriles is 1. The molecule has 1 unspecified atom stereocenters. The molecular weight excluding hydrogens is 398 g/mol. The van der Waals surface area contributed by atoms with E-state index in [2.05, 4.69) is 26.9 Å². The molecule has 0 saturated heterocycles. The molecule has 0 aliphatic carbocycles. The molecule has 0 fully saturated rings. The van der Waals surface area contributed by atoms with E-state index in [0.717, 1.165) is 34.5 Å². The predicted octanol–water partition coefficient (Wildman–Crippen LogP) is 4.46. The molecule has 158 valence electrons. The van der Waals surface area contributed by atoms with Crippen molar-refractivity contribution in [2.75, 3.05) is 11.9 Å². The van der Waals surface area contributed by atoms with Gasteiger partial charge in [-0.3, -0.25) is 9.89 Å². The first-order chi connectivity index (χ1) is 15.7. The normalized spacial score (nSPS) is 11.5. The highest BCUT2D eigenvalue weighted by Crippen LogP contribution is 2.21. The molecule has 0 aliphatic rings. The molecule has 0 saturated carbocycles. The number of aromatic nitrogens is 2. The van der Waals surface area contributed by atoms with E-state index in [-0.39, 0.29) is 5.91 Å². The number of benzene rings is 3. The van der Waals surface area contributed by atoms with Gasteiger partial charge in [0, 0.05) is 18.4 Å². The van der Waals surface area contributed by atoms with Crippen molar-refractivity contribution in [2.45, 2.75) is 12.5 Å². The molecular formula is C26H23N5O. The van der Waals surface area contributed by atoms with Crippen LogP contribution in [-0.2, 0) is 11.2 Å². The number of hydrogen-bond acceptors (Lipinski definition) is 4. The zero-order valence-corrected chi connectivity index (χ0v) is 17.5. The van der Waals surface area contributed by atoms with Gasteiger partial charge in [0.05, 0.1) is 17.3 Å². The van der Waals surface area contributed by atoms with Gasteiger partial charge in [0.2, 0.25) is 5.91 Å². The average molecular weight is 422 g/mol. The Morgan fingerprint density at radius 3 is 2.38 bits per heavy atom. The molecule has 1 amide bonds. The Morgan fingerprint density at radius 2 is 1.72 bits per heavy atom. The largest absolute Gasteiger partial charge is 0.324 e. The van der Waals surface area contributed by atoms with E-state index >= 15 is 0 Å². The Hall–Kier alpha value is -4.21. The summed E-state index contributed by atoms with van der Waals surface area (Å²) in [5, 5.41) is 22.2. The summed E-state index contributed by atoms with van der Waals surface area (Å²) < 4.78 is 0. The smallest absolute Gasteiger partial charge is 0.246 e. The summed E-state index contributed by atoms with van der Waals surface area (Å²) in [7, 11) is 0. The van der Waals surface area contributed by atoms with Crippen molar-refractivity contribution in [1.29, 1.82) is 5.26 Å². The van der Waals surface area contributed by atoms with Crippen molar-refractivity contribution in [3.8, 4) is 17.3 Å². The number of nitrogens with one attached hydrogen (secondary N) is 3. The number of anilines is 1. The second-order valence-corrected chi connectivity index (χ2v) is 7.39. The summed E-state index contributed by atoms with van der Waals surface area (Å²) in [6, 6.07) is 28.4. The van der Waals surface area contributed by atoms with Crippen LogP contribution in [0.5, 0.6) is 0 Å². The van der Waals surface area contributed by atoms with Crippen LogP contribution < -0.4 is 10.6 Å². The van der Waals surface area contributed by atoms with Gasteiger partial charge in [-0.05, 0) is 53.4 Å². The molecule has 4 aromatic rings. The fourth-order valence-corrected chi connectivity index (χ4v) is 3.48. The van der Waals surface area contributed by atoms with E-state index in [9.17, 15) is 4.79 Å². The summed E-state index contributed by atoms with van der Waals surface area (Å²) in [5.41, 5.74) is 5.31. The van der Waals surface area contributed by atoms with Gasteiger partial charge in [-0.2, -0.15) is 10.4 Å². The highest BCUT2D eigenvalue weighted by atomic mass is 16.2. The van der Waals surface area contributed by atoms with Crippen LogP contribution >= 0.6 is 0 Å². The molecule has 3 N–H and O–H groups in total. The molecule has 1 heterocycles. The Morgan fingerprint density at radius 1 is 0.969 bits per heavy atom. The first kappa shape index (κ1) is 21.0. The molecule has 4 rings (SSSR count). The van der Waals surface area contributed by atoms with E-state index < -0.39 is 6.04 Å². The number of aromatic amines is 1. The van der Waals surface area contributed by atoms with E-state index in [4.69, 9.17) is 5.26 Å². The molecule has 0 radical (unpaired) electrons. The lowest BCUT2D eigenvalue weighted by Gasteiger charge is -2.19. The van der Waals surface area contributed by atoms with Gasteiger partial charge in [-0.1, -0.05) is 54.6 Å². The Balaban J connectivity index is 1.42. The molecule has 32 heavy (non-hydrogen) atoms. The van der Waals surface area contributed by atoms with Crippen LogP contribution in [0.1, 0.15) is 22.7 Å². The monoisotopic (exact) mass is 421 g/mol. The Labute approximate surface area is 186 Å². The molecule has 3 aromatic carbocycles. The van der Waals surface area contributed by atoms with Crippen LogP contribution in [0.2, 0.25) is 0 Å². The number of hydrogen-bond donors (Lipinski definition) is 3. The number of amides is 1. The van der Waals surface area contributed by atoms with Gasteiger partial charge in [0.15, 0.2) is 0 Å².